The number of allylic oxidation sites excluding steroid dienone is 13. The lowest BCUT2D eigenvalue weighted by atomic mass is 9.96. The van der Waals surface area contributed by atoms with Gasteiger partial charge in [-0.1, -0.05) is 182 Å². The number of carbonyl (C=O) groups is 1. The lowest BCUT2D eigenvalue weighted by molar-refractivity contribution is -0.379. The second-order valence-electron chi connectivity index (χ2n) is 21.8. The van der Waals surface area contributed by atoms with Gasteiger partial charge in [0.1, 0.15) is 73.2 Å². The molecule has 3 fully saturated rings. The van der Waals surface area contributed by atoms with Crippen molar-refractivity contribution in [3.8, 4) is 0 Å². The van der Waals surface area contributed by atoms with Crippen LogP contribution in [0.3, 0.4) is 0 Å². The molecular formula is C63H107NO18. The Kier molecular flexibility index (Phi) is 40.5. The summed E-state index contributed by atoms with van der Waals surface area (Å²) in [7, 11) is 0. The second kappa shape index (κ2) is 45.3. The minimum absolute atomic E-state index is 0.221. The van der Waals surface area contributed by atoms with Crippen molar-refractivity contribution in [2.75, 3.05) is 26.4 Å². The molecule has 0 aromatic heterocycles. The highest BCUT2D eigenvalue weighted by atomic mass is 16.8. The van der Waals surface area contributed by atoms with Crippen LogP contribution in [0, 0.1) is 0 Å². The monoisotopic (exact) mass is 1170 g/mol. The molecule has 472 valence electrons. The minimum Gasteiger partial charge on any atom is -0.394 e. The Balaban J connectivity index is 1.47. The van der Waals surface area contributed by atoms with Crippen molar-refractivity contribution in [2.45, 2.75) is 279 Å². The molecule has 3 saturated heterocycles. The fraction of sp³-hybridized carbons (Fsp3) is 0.762. The van der Waals surface area contributed by atoms with Crippen molar-refractivity contribution >= 4 is 5.91 Å². The number of aliphatic hydroxyl groups is 11. The number of aliphatic hydroxyl groups excluding tert-OH is 11. The Morgan fingerprint density at radius 1 is 0.451 bits per heavy atom. The molecule has 19 nitrogen and oxygen atoms in total. The molecule has 1 amide bonds. The topological polar surface area (TPSA) is 307 Å². The van der Waals surface area contributed by atoms with E-state index in [-0.39, 0.29) is 18.9 Å². The van der Waals surface area contributed by atoms with Crippen molar-refractivity contribution < 1.29 is 89.4 Å². The minimum atomic E-state index is -1.98. The summed E-state index contributed by atoms with van der Waals surface area (Å²) in [6, 6.07) is -0.985. The molecule has 3 aliphatic rings. The molecule has 19 heteroatoms. The molecule has 12 N–H and O–H groups in total. The van der Waals surface area contributed by atoms with Crippen molar-refractivity contribution in [1.82, 2.24) is 5.32 Å². The third-order valence-corrected chi connectivity index (χ3v) is 14.9. The zero-order valence-electron chi connectivity index (χ0n) is 49.2. The SMILES string of the molecule is CC/C=C\C/C=C\C/C=C\C/C=C\C/C=C\C/C=C\CCCCCCCCC(=O)NC(COC1OC(CO)C(OC2OC(CO)C(OC3OC(CO)C(O)C(O)C3O)C(O)C2O)C(O)C1O)C(O)/C=C/CCCCCCCCCCCC. The van der Waals surface area contributed by atoms with E-state index in [1.807, 2.05) is 6.08 Å². The average molecular weight is 1170 g/mol. The zero-order chi connectivity index (χ0) is 59.7. The van der Waals surface area contributed by atoms with Crippen LogP contribution in [0.25, 0.3) is 0 Å². The number of amides is 1. The smallest absolute Gasteiger partial charge is 0.220 e. The molecule has 0 aliphatic carbocycles. The summed E-state index contributed by atoms with van der Waals surface area (Å²) in [4.78, 5) is 13.3. The molecule has 82 heavy (non-hydrogen) atoms. The van der Waals surface area contributed by atoms with Gasteiger partial charge in [-0.3, -0.25) is 4.79 Å². The van der Waals surface area contributed by atoms with Crippen LogP contribution in [0.1, 0.15) is 174 Å². The second-order valence-corrected chi connectivity index (χ2v) is 21.8. The van der Waals surface area contributed by atoms with E-state index in [1.54, 1.807) is 6.08 Å². The molecule has 0 aromatic rings. The molecule has 0 aromatic carbocycles. The highest BCUT2D eigenvalue weighted by molar-refractivity contribution is 5.76. The summed E-state index contributed by atoms with van der Waals surface area (Å²) in [6.07, 6.45) is 28.5. The largest absolute Gasteiger partial charge is 0.394 e. The number of hydrogen-bond acceptors (Lipinski definition) is 18. The van der Waals surface area contributed by atoms with Crippen LogP contribution in [0.15, 0.2) is 85.1 Å². The number of nitrogens with one attached hydrogen (secondary N) is 1. The van der Waals surface area contributed by atoms with E-state index in [9.17, 15) is 61.0 Å². The van der Waals surface area contributed by atoms with Gasteiger partial charge in [-0.2, -0.15) is 0 Å². The summed E-state index contributed by atoms with van der Waals surface area (Å²) in [5.41, 5.74) is 0. The standard InChI is InChI=1S/C63H107NO18/c1-3-5-7-9-11-13-15-17-18-19-20-21-22-23-24-25-26-27-28-29-31-33-35-37-39-41-51(69)64-46(47(68)40-38-36-34-32-30-16-14-12-10-8-6-4-2)45-77-61-57(75)54(72)59(49(43-66)79-61)82-63-58(76)55(73)60(50(44-67)80-63)81-62-56(74)53(71)52(70)48(42-65)78-62/h5,7,11,13,17-18,20-21,23-24,26-27,38,40,46-50,52-63,65-68,70-76H,3-4,6,8-10,12,14-16,19,22,25,28-37,39,41-45H2,1-2H3,(H,64,69)/b7-5-,13-11-,18-17-,21-20-,24-23-,27-26-,40-38+. The summed E-state index contributed by atoms with van der Waals surface area (Å²) >= 11 is 0. The highest BCUT2D eigenvalue weighted by Gasteiger charge is 2.53. The van der Waals surface area contributed by atoms with Crippen LogP contribution < -0.4 is 5.32 Å². The van der Waals surface area contributed by atoms with Crippen LogP contribution in [0.4, 0.5) is 0 Å². The zero-order valence-corrected chi connectivity index (χ0v) is 49.2. The predicted molar refractivity (Wildman–Crippen MR) is 314 cm³/mol. The van der Waals surface area contributed by atoms with Gasteiger partial charge in [0.05, 0.1) is 38.6 Å². The fourth-order valence-electron chi connectivity index (χ4n) is 9.90. The summed E-state index contributed by atoms with van der Waals surface area (Å²) in [5, 5.41) is 120. The Morgan fingerprint density at radius 3 is 1.32 bits per heavy atom. The van der Waals surface area contributed by atoms with E-state index in [1.165, 1.54) is 44.9 Å². The molecule has 3 heterocycles. The fourth-order valence-corrected chi connectivity index (χ4v) is 9.90. The van der Waals surface area contributed by atoms with Crippen molar-refractivity contribution in [3.63, 3.8) is 0 Å². The van der Waals surface area contributed by atoms with E-state index >= 15 is 0 Å². The summed E-state index contributed by atoms with van der Waals surface area (Å²) < 4.78 is 34.2. The van der Waals surface area contributed by atoms with Crippen LogP contribution in [-0.2, 0) is 33.2 Å². The first-order valence-corrected chi connectivity index (χ1v) is 30.8. The first kappa shape index (κ1) is 73.2. The van der Waals surface area contributed by atoms with Crippen LogP contribution in [0.5, 0.6) is 0 Å². The maximum atomic E-state index is 13.3. The molecular weight excluding hydrogens is 1060 g/mol. The lowest BCUT2D eigenvalue weighted by Crippen LogP contribution is -2.66. The third-order valence-electron chi connectivity index (χ3n) is 14.9. The molecule has 17 unspecified atom stereocenters. The van der Waals surface area contributed by atoms with E-state index in [0.717, 1.165) is 103 Å². The van der Waals surface area contributed by atoms with Crippen molar-refractivity contribution in [2.24, 2.45) is 0 Å². The first-order valence-electron chi connectivity index (χ1n) is 30.8. The van der Waals surface area contributed by atoms with Gasteiger partial charge in [0.2, 0.25) is 5.91 Å². The molecule has 3 aliphatic heterocycles. The first-order chi connectivity index (χ1) is 39.8. The number of unbranched alkanes of at least 4 members (excludes halogenated alkanes) is 16. The van der Waals surface area contributed by atoms with Gasteiger partial charge >= 0.3 is 0 Å². The van der Waals surface area contributed by atoms with Gasteiger partial charge in [0.15, 0.2) is 18.9 Å². The molecule has 0 saturated carbocycles. The third kappa shape index (κ3) is 28.4. The van der Waals surface area contributed by atoms with E-state index in [2.05, 4.69) is 92.1 Å². The van der Waals surface area contributed by atoms with Crippen LogP contribution in [0.2, 0.25) is 0 Å². The van der Waals surface area contributed by atoms with Gasteiger partial charge in [-0.25, -0.2) is 0 Å². The van der Waals surface area contributed by atoms with E-state index in [0.29, 0.717) is 6.42 Å². The average Bonchev–Trinajstić information content (AvgIpc) is 3.59. The number of carbonyl (C=O) groups excluding carboxylic acids is 1. The Morgan fingerprint density at radius 2 is 0.841 bits per heavy atom. The summed E-state index contributed by atoms with van der Waals surface area (Å²) in [5.74, 6) is -0.296. The van der Waals surface area contributed by atoms with Crippen LogP contribution in [-0.4, -0.2) is 193 Å². The molecule has 0 bridgehead atoms. The lowest BCUT2D eigenvalue weighted by Gasteiger charge is -2.48. The maximum absolute atomic E-state index is 13.3. The molecule has 0 radical (unpaired) electrons. The molecule has 17 atom stereocenters. The predicted octanol–water partition coefficient (Wildman–Crippen LogP) is 5.98. The Hall–Kier alpha value is -3.03. The number of rotatable bonds is 44. The maximum Gasteiger partial charge on any atom is 0.220 e. The van der Waals surface area contributed by atoms with E-state index in [4.69, 9.17) is 28.4 Å². The Bertz CT molecular complexity index is 1820. The van der Waals surface area contributed by atoms with E-state index < -0.39 is 124 Å². The normalized spacial score (nSPS) is 30.2. The van der Waals surface area contributed by atoms with Gasteiger partial charge in [0, 0.05) is 6.42 Å². The van der Waals surface area contributed by atoms with Gasteiger partial charge in [-0.05, 0) is 70.6 Å². The van der Waals surface area contributed by atoms with Gasteiger partial charge in [0.25, 0.3) is 0 Å². The van der Waals surface area contributed by atoms with Crippen molar-refractivity contribution in [3.05, 3.63) is 85.1 Å². The molecule has 3 rings (SSSR count). The van der Waals surface area contributed by atoms with Gasteiger partial charge < -0.3 is 89.9 Å². The number of hydrogen-bond donors (Lipinski definition) is 12. The highest BCUT2D eigenvalue weighted by Crippen LogP contribution is 2.33. The van der Waals surface area contributed by atoms with Crippen LogP contribution >= 0.6 is 0 Å². The molecule has 0 spiro atoms. The summed E-state index contributed by atoms with van der Waals surface area (Å²) in [6.45, 7) is 1.56. The van der Waals surface area contributed by atoms with Crippen molar-refractivity contribution in [1.29, 1.82) is 0 Å². The van der Waals surface area contributed by atoms with Gasteiger partial charge in [-0.15, -0.1) is 0 Å². The Labute approximate surface area is 489 Å². The quantitative estimate of drug-likeness (QED) is 0.0247. The number of ether oxygens (including phenoxy) is 6.